The Balaban J connectivity index is 1.91. The summed E-state index contributed by atoms with van der Waals surface area (Å²) in [7, 11) is 1.52. The highest BCUT2D eigenvalue weighted by molar-refractivity contribution is 5.85. The van der Waals surface area contributed by atoms with E-state index in [2.05, 4.69) is 51.1 Å². The first-order chi connectivity index (χ1) is 14.0. The number of methoxy groups -OCH3 is 1. The first-order valence-corrected chi connectivity index (χ1v) is 11.3. The Hall–Kier alpha value is -2.09. The van der Waals surface area contributed by atoms with E-state index in [1.165, 1.54) is 84.6 Å². The largest absolute Gasteiger partial charge is 0.469 e. The van der Waals surface area contributed by atoms with Crippen LogP contribution in [0.3, 0.4) is 0 Å². The minimum Gasteiger partial charge on any atom is -0.469 e. The molecule has 154 valence electrons. The van der Waals surface area contributed by atoms with Crippen molar-refractivity contribution in [2.24, 2.45) is 5.92 Å². The molecule has 0 N–H and O–H groups in total. The fourth-order valence-electron chi connectivity index (χ4n) is 5.08. The van der Waals surface area contributed by atoms with Crippen LogP contribution in [0.2, 0.25) is 0 Å². The van der Waals surface area contributed by atoms with E-state index in [0.29, 0.717) is 11.8 Å². The Morgan fingerprint density at radius 3 is 2.45 bits per heavy atom. The summed E-state index contributed by atoms with van der Waals surface area (Å²) in [4.78, 5) is 12.9. The van der Waals surface area contributed by atoms with Crippen molar-refractivity contribution >= 4 is 5.97 Å². The van der Waals surface area contributed by atoms with Gasteiger partial charge in [0.15, 0.2) is 0 Å². The lowest BCUT2D eigenvalue weighted by atomic mass is 9.79. The van der Waals surface area contributed by atoms with Crippen molar-refractivity contribution < 1.29 is 9.53 Å². The van der Waals surface area contributed by atoms with Crippen LogP contribution in [0.1, 0.15) is 85.6 Å². The number of carbonyl (C=O) groups excluding carboxylic acids is 1. The van der Waals surface area contributed by atoms with Gasteiger partial charge in [0, 0.05) is 0 Å². The number of benzene rings is 2. The average molecular weight is 391 g/mol. The van der Waals surface area contributed by atoms with Gasteiger partial charge in [-0.05, 0) is 103 Å². The van der Waals surface area contributed by atoms with Gasteiger partial charge in [0.1, 0.15) is 0 Å². The molecule has 2 heteroatoms. The van der Waals surface area contributed by atoms with Gasteiger partial charge < -0.3 is 4.74 Å². The molecule has 2 aromatic carbocycles. The molecule has 29 heavy (non-hydrogen) atoms. The van der Waals surface area contributed by atoms with Crippen LogP contribution in [0.4, 0.5) is 0 Å². The fraction of sp³-hybridized carbons (Fsp3) is 0.519. The van der Waals surface area contributed by atoms with E-state index in [0.717, 1.165) is 6.42 Å². The quantitative estimate of drug-likeness (QED) is 0.512. The first-order valence-electron chi connectivity index (χ1n) is 11.3. The molecular weight excluding hydrogens is 356 g/mol. The first kappa shape index (κ1) is 20.2. The van der Waals surface area contributed by atoms with E-state index < -0.39 is 0 Å². The van der Waals surface area contributed by atoms with Crippen molar-refractivity contribution in [3.05, 3.63) is 58.1 Å². The number of fused-ring (bicyclic) bond motifs is 1. The van der Waals surface area contributed by atoms with Crippen LogP contribution in [-0.4, -0.2) is 13.1 Å². The molecule has 1 saturated carbocycles. The molecule has 2 aliphatic carbocycles. The number of rotatable bonds is 6. The Bertz CT molecular complexity index is 905. The molecule has 0 aromatic heterocycles. The van der Waals surface area contributed by atoms with Gasteiger partial charge in [-0.2, -0.15) is 0 Å². The van der Waals surface area contributed by atoms with E-state index in [4.69, 9.17) is 4.74 Å². The normalized spacial score (nSPS) is 17.1. The van der Waals surface area contributed by atoms with Crippen LogP contribution in [0.25, 0.3) is 11.1 Å². The van der Waals surface area contributed by atoms with E-state index in [1.807, 2.05) is 0 Å². The number of hydrogen-bond donors (Lipinski definition) is 0. The van der Waals surface area contributed by atoms with Crippen molar-refractivity contribution in [2.45, 2.75) is 77.6 Å². The second kappa shape index (κ2) is 8.34. The zero-order valence-corrected chi connectivity index (χ0v) is 18.4. The Morgan fingerprint density at radius 2 is 1.79 bits per heavy atom. The summed E-state index contributed by atoms with van der Waals surface area (Å²) >= 11 is 0. The molecule has 0 heterocycles. The maximum Gasteiger partial charge on any atom is 0.313 e. The Morgan fingerprint density at radius 1 is 1.07 bits per heavy atom. The molecule has 1 atom stereocenters. The standard InChI is InChI=1S/C27H34O2/c1-17(2)15-24(27(28)29-4)25-18(3)9-14-23(20-11-12-20)26(25)22-13-10-19-7-5-6-8-21(19)16-22/h9-10,13-14,16-17,20,24H,5-8,11-12,15H2,1-4H3. The summed E-state index contributed by atoms with van der Waals surface area (Å²) in [6.07, 6.45) is 8.29. The van der Waals surface area contributed by atoms with Crippen LogP contribution in [0, 0.1) is 12.8 Å². The molecule has 0 spiro atoms. The van der Waals surface area contributed by atoms with E-state index >= 15 is 0 Å². The lowest BCUT2D eigenvalue weighted by Crippen LogP contribution is -2.19. The highest BCUT2D eigenvalue weighted by atomic mass is 16.5. The van der Waals surface area contributed by atoms with Crippen molar-refractivity contribution in [3.63, 3.8) is 0 Å². The molecule has 4 rings (SSSR count). The lowest BCUT2D eigenvalue weighted by molar-refractivity contribution is -0.142. The van der Waals surface area contributed by atoms with E-state index in [-0.39, 0.29) is 11.9 Å². The van der Waals surface area contributed by atoms with Gasteiger partial charge in [-0.15, -0.1) is 0 Å². The Kier molecular flexibility index (Phi) is 5.81. The monoisotopic (exact) mass is 390 g/mol. The van der Waals surface area contributed by atoms with Crippen molar-refractivity contribution in [1.82, 2.24) is 0 Å². The summed E-state index contributed by atoms with van der Waals surface area (Å²) < 4.78 is 5.28. The van der Waals surface area contributed by atoms with Gasteiger partial charge in [-0.3, -0.25) is 4.79 Å². The molecule has 1 fully saturated rings. The van der Waals surface area contributed by atoms with Gasteiger partial charge in [-0.1, -0.05) is 44.2 Å². The van der Waals surface area contributed by atoms with Crippen molar-refractivity contribution in [2.75, 3.05) is 7.11 Å². The SMILES string of the molecule is COC(=O)C(CC(C)C)c1c(C)ccc(C2CC2)c1-c1ccc2c(c1)CCCC2. The van der Waals surface area contributed by atoms with Gasteiger partial charge in [-0.25, -0.2) is 0 Å². The summed E-state index contributed by atoms with van der Waals surface area (Å²) in [6, 6.07) is 11.6. The minimum absolute atomic E-state index is 0.103. The van der Waals surface area contributed by atoms with Crippen molar-refractivity contribution in [3.8, 4) is 11.1 Å². The van der Waals surface area contributed by atoms with Crippen molar-refractivity contribution in [1.29, 1.82) is 0 Å². The predicted octanol–water partition coefficient (Wildman–Crippen LogP) is 6.72. The maximum atomic E-state index is 12.9. The minimum atomic E-state index is -0.204. The third kappa shape index (κ3) is 4.13. The summed E-state index contributed by atoms with van der Waals surface area (Å²) in [5, 5.41) is 0. The number of hydrogen-bond acceptors (Lipinski definition) is 2. The molecular formula is C27H34O2. The molecule has 2 aromatic rings. The third-order valence-electron chi connectivity index (χ3n) is 6.69. The average Bonchev–Trinajstić information content (AvgIpc) is 3.56. The molecule has 0 radical (unpaired) electrons. The number of ether oxygens (including phenoxy) is 1. The van der Waals surface area contributed by atoms with Gasteiger partial charge in [0.05, 0.1) is 13.0 Å². The Labute approximate surface area is 175 Å². The van der Waals surface area contributed by atoms with Crippen LogP contribution in [0.15, 0.2) is 30.3 Å². The lowest BCUT2D eigenvalue weighted by Gasteiger charge is -2.26. The number of aryl methyl sites for hydroxylation is 3. The van der Waals surface area contributed by atoms with Crippen LogP contribution >= 0.6 is 0 Å². The predicted molar refractivity (Wildman–Crippen MR) is 119 cm³/mol. The van der Waals surface area contributed by atoms with Gasteiger partial charge in [0.2, 0.25) is 0 Å². The molecule has 0 bridgehead atoms. The molecule has 2 aliphatic rings. The molecule has 2 nitrogen and oxygen atoms in total. The molecule has 1 unspecified atom stereocenters. The van der Waals surface area contributed by atoms with Gasteiger partial charge >= 0.3 is 5.97 Å². The van der Waals surface area contributed by atoms with Crippen LogP contribution in [-0.2, 0) is 22.4 Å². The van der Waals surface area contributed by atoms with E-state index in [9.17, 15) is 4.79 Å². The smallest absolute Gasteiger partial charge is 0.313 e. The zero-order valence-electron chi connectivity index (χ0n) is 18.4. The second-order valence-corrected chi connectivity index (χ2v) is 9.43. The molecule has 0 amide bonds. The number of esters is 1. The highest BCUT2D eigenvalue weighted by Gasteiger charge is 2.33. The van der Waals surface area contributed by atoms with Crippen LogP contribution < -0.4 is 0 Å². The maximum absolute atomic E-state index is 12.9. The summed E-state index contributed by atoms with van der Waals surface area (Å²) in [6.45, 7) is 6.54. The topological polar surface area (TPSA) is 26.3 Å². The highest BCUT2D eigenvalue weighted by Crippen LogP contribution is 2.48. The van der Waals surface area contributed by atoms with Gasteiger partial charge in [0.25, 0.3) is 0 Å². The molecule has 0 saturated heterocycles. The third-order valence-corrected chi connectivity index (χ3v) is 6.69. The van der Waals surface area contributed by atoms with E-state index in [1.54, 1.807) is 0 Å². The zero-order chi connectivity index (χ0) is 20.5. The molecule has 0 aliphatic heterocycles. The number of carbonyl (C=O) groups is 1. The summed E-state index contributed by atoms with van der Waals surface area (Å²) in [5.41, 5.74) is 9.46. The fourth-order valence-corrected chi connectivity index (χ4v) is 5.08. The summed E-state index contributed by atoms with van der Waals surface area (Å²) in [5.74, 6) is 0.760. The van der Waals surface area contributed by atoms with Crippen LogP contribution in [0.5, 0.6) is 0 Å². The second-order valence-electron chi connectivity index (χ2n) is 9.43.